The van der Waals surface area contributed by atoms with Crippen LogP contribution in [0.4, 0.5) is 0 Å². The predicted molar refractivity (Wildman–Crippen MR) is 280 cm³/mol. The van der Waals surface area contributed by atoms with Gasteiger partial charge in [-0.2, -0.15) is 8.42 Å². The number of carbonyl (C=O) groups excluding carboxylic acids is 1. The van der Waals surface area contributed by atoms with Crippen LogP contribution < -0.4 is 0 Å². The third-order valence-corrected chi connectivity index (χ3v) is 20.8. The molecule has 83 heavy (non-hydrogen) atoms. The van der Waals surface area contributed by atoms with Crippen molar-refractivity contribution in [1.82, 2.24) is 0 Å². The SMILES string of the molecule is CC[C@H]1O[C@@H](O[C@H]2[C@H](O)[C@@H](O[C@@H]3O[C@H](C)[C@@H](O)[C@H](O)[C@H]3O)[C@H](O[C@H]3[C@@H](O)[C@@H](CO)O[C@@H](O[C@H]4C[C@@H]5C(=CC[C@]6(C)[C@@H]([C@H](C)CC(C)=O)CC[C@@H]56)[C@@]5(C)CC[C@H](OS(=O)(=O)O)C[C@H]45)[C@@H]3O)O[C@@H]2C)[C@H](O[C@@H]2O[C@H](C)[C@H](O)[C@H](O)[C@H]2O)[C@@H](O)[C@H]1O. The fourth-order valence-corrected chi connectivity index (χ4v) is 16.3. The van der Waals surface area contributed by atoms with Gasteiger partial charge in [-0.05, 0) is 119 Å². The highest BCUT2D eigenvalue weighted by atomic mass is 32.3. The normalized spacial score (nSPS) is 52.6. The maximum Gasteiger partial charge on any atom is 0.397 e. The number of allylic oxidation sites excluding steroid dienone is 2. The first-order valence-corrected chi connectivity index (χ1v) is 30.8. The quantitative estimate of drug-likeness (QED) is 0.0551. The zero-order chi connectivity index (χ0) is 60.7. The molecule has 13 N–H and O–H groups in total. The van der Waals surface area contributed by atoms with E-state index < -0.39 is 194 Å². The molecule has 8 fully saturated rings. The molecule has 9 aliphatic rings. The van der Waals surface area contributed by atoms with Crippen LogP contribution in [0.2, 0.25) is 0 Å². The minimum Gasteiger partial charge on any atom is -0.394 e. The maximum atomic E-state index is 12.5. The second kappa shape index (κ2) is 25.7. The minimum absolute atomic E-state index is 0.0631. The molecule has 0 spiro atoms. The van der Waals surface area contributed by atoms with Crippen molar-refractivity contribution in [3.8, 4) is 0 Å². The van der Waals surface area contributed by atoms with Crippen molar-refractivity contribution in [1.29, 1.82) is 0 Å². The molecule has 4 aliphatic carbocycles. The highest BCUT2D eigenvalue weighted by molar-refractivity contribution is 7.80. The summed E-state index contributed by atoms with van der Waals surface area (Å²) < 4.78 is 101. The number of aliphatic hydroxyl groups excluding tert-OH is 12. The van der Waals surface area contributed by atoms with Gasteiger partial charge in [-0.25, -0.2) is 4.18 Å². The Kier molecular flexibility index (Phi) is 20.4. The number of aliphatic hydroxyl groups is 12. The van der Waals surface area contributed by atoms with Crippen LogP contribution in [-0.4, -0.2) is 252 Å². The molecule has 5 aliphatic heterocycles. The van der Waals surface area contributed by atoms with Gasteiger partial charge in [-0.3, -0.25) is 4.55 Å². The average molecular weight is 1220 g/mol. The zero-order valence-electron chi connectivity index (χ0n) is 48.1. The van der Waals surface area contributed by atoms with E-state index >= 15 is 0 Å². The van der Waals surface area contributed by atoms with E-state index in [0.717, 1.165) is 19.3 Å². The fourth-order valence-electron chi connectivity index (χ4n) is 15.8. The Morgan fingerprint density at radius 1 is 0.614 bits per heavy atom. The van der Waals surface area contributed by atoms with Gasteiger partial charge in [0.15, 0.2) is 31.5 Å². The molecule has 27 nitrogen and oxygen atoms in total. The van der Waals surface area contributed by atoms with Crippen molar-refractivity contribution in [2.24, 2.45) is 40.4 Å². The van der Waals surface area contributed by atoms with E-state index in [1.165, 1.54) is 26.3 Å². The van der Waals surface area contributed by atoms with Crippen LogP contribution >= 0.6 is 0 Å². The molecule has 5 saturated heterocycles. The van der Waals surface area contributed by atoms with Crippen molar-refractivity contribution in [3.05, 3.63) is 11.6 Å². The monoisotopic (exact) mass is 1210 g/mol. The lowest BCUT2D eigenvalue weighted by atomic mass is 9.47. The molecule has 34 atom stereocenters. The van der Waals surface area contributed by atoms with Gasteiger partial charge in [0.25, 0.3) is 0 Å². The molecular weight excluding hydrogens is 1120 g/mol. The number of rotatable bonds is 17. The third kappa shape index (κ3) is 12.8. The van der Waals surface area contributed by atoms with Gasteiger partial charge in [0, 0.05) is 6.42 Å². The summed E-state index contributed by atoms with van der Waals surface area (Å²) in [7, 11) is -4.87. The number of fused-ring (bicyclic) bond motifs is 5. The highest BCUT2D eigenvalue weighted by Gasteiger charge is 2.63. The Morgan fingerprint density at radius 2 is 1.16 bits per heavy atom. The minimum atomic E-state index is -4.87. The Labute approximate surface area is 482 Å². The highest BCUT2D eigenvalue weighted by Crippen LogP contribution is 2.67. The molecule has 5 heterocycles. The summed E-state index contributed by atoms with van der Waals surface area (Å²) in [4.78, 5) is 12.4. The fraction of sp³-hybridized carbons (Fsp3) is 0.945. The lowest BCUT2D eigenvalue weighted by molar-refractivity contribution is -0.407. The molecule has 0 amide bonds. The van der Waals surface area contributed by atoms with E-state index in [2.05, 4.69) is 26.8 Å². The molecule has 0 unspecified atom stereocenters. The molecule has 3 saturated carbocycles. The Hall–Kier alpha value is -1.60. The van der Waals surface area contributed by atoms with Gasteiger partial charge in [0.2, 0.25) is 0 Å². The van der Waals surface area contributed by atoms with Crippen LogP contribution in [0.1, 0.15) is 113 Å². The summed E-state index contributed by atoms with van der Waals surface area (Å²) >= 11 is 0. The summed E-state index contributed by atoms with van der Waals surface area (Å²) in [6.07, 6.45) is -37.1. The number of hydrogen-bond donors (Lipinski definition) is 13. The van der Waals surface area contributed by atoms with Gasteiger partial charge in [-0.15, -0.1) is 0 Å². The Balaban J connectivity index is 1.01. The summed E-state index contributed by atoms with van der Waals surface area (Å²) in [6, 6.07) is 0. The maximum absolute atomic E-state index is 12.5. The molecule has 0 aromatic carbocycles. The Morgan fingerprint density at radius 3 is 1.73 bits per heavy atom. The molecule has 0 aromatic rings. The first kappa shape index (κ1) is 65.8. The van der Waals surface area contributed by atoms with Gasteiger partial charge in [0.05, 0.1) is 43.2 Å². The zero-order valence-corrected chi connectivity index (χ0v) is 48.9. The Bertz CT molecular complexity index is 2350. The van der Waals surface area contributed by atoms with E-state index in [1.54, 1.807) is 13.8 Å². The van der Waals surface area contributed by atoms with E-state index in [4.69, 9.17) is 51.6 Å². The summed E-state index contributed by atoms with van der Waals surface area (Å²) in [5, 5.41) is 135. The van der Waals surface area contributed by atoms with Crippen molar-refractivity contribution in [3.63, 3.8) is 0 Å². The first-order chi connectivity index (χ1) is 38.9. The molecule has 28 heteroatoms. The van der Waals surface area contributed by atoms with Gasteiger partial charge in [0.1, 0.15) is 103 Å². The van der Waals surface area contributed by atoms with Crippen LogP contribution in [0.5, 0.6) is 0 Å². The lowest BCUT2D eigenvalue weighted by Crippen LogP contribution is -2.68. The van der Waals surface area contributed by atoms with E-state index in [0.29, 0.717) is 19.3 Å². The average Bonchev–Trinajstić information content (AvgIpc) is 2.07. The summed E-state index contributed by atoms with van der Waals surface area (Å²) in [5.74, 6) is 0.0754. The lowest BCUT2D eigenvalue weighted by Gasteiger charge is -2.59. The van der Waals surface area contributed by atoms with Crippen molar-refractivity contribution in [2.45, 2.75) is 279 Å². The molecule has 9 rings (SSSR count). The first-order valence-electron chi connectivity index (χ1n) is 29.4. The van der Waals surface area contributed by atoms with E-state index in [9.17, 15) is 79.0 Å². The molecular formula is C55H90O27S. The number of ether oxygens (including phenoxy) is 10. The smallest absolute Gasteiger partial charge is 0.394 e. The van der Waals surface area contributed by atoms with Crippen molar-refractivity contribution in [2.75, 3.05) is 6.61 Å². The number of Topliss-reactive ketones (excluding diaryl/α,β-unsaturated/α-hetero) is 1. The van der Waals surface area contributed by atoms with Crippen LogP contribution in [0, 0.1) is 40.4 Å². The van der Waals surface area contributed by atoms with Gasteiger partial charge in [-0.1, -0.05) is 39.3 Å². The molecule has 0 aromatic heterocycles. The molecule has 0 radical (unpaired) electrons. The largest absolute Gasteiger partial charge is 0.397 e. The standard InChI is InChI=1S/C55H90O27S/c1-9-31-36(60)40(64)47(80-49-41(65)38(62)34(58)22(4)72-49)53(75-31)78-45-24(6)74-52(48(43(45)67)81-50-42(66)39(63)35(59)23(5)73-50)79-46-37(61)33(19-56)77-51(44(46)68)76-32-18-26-28-11-10-27(20(2)16-21(3)57)54(28,7)15-13-29(26)55(8)14-12-25(17-30(32)55)82-83(69,70)71/h13,20,22-28,30-53,56,58-68H,9-12,14-19H2,1-8H3,(H,69,70,71)/t20-,22-,23-,24-,25+,26+,27-,28+,30-,31-,32+,33-,34+,35-,36+,37+,38+,39+,40+,41-,42-,43+,44-,45-,46+,47-,48-,49+,50+,51-,52+,53+,54-,55-/m1/s1. The van der Waals surface area contributed by atoms with Crippen LogP contribution in [0.25, 0.3) is 0 Å². The van der Waals surface area contributed by atoms with Crippen molar-refractivity contribution >= 4 is 16.2 Å². The number of ketones is 1. The predicted octanol–water partition coefficient (Wildman–Crippen LogP) is -2.04. The third-order valence-electron chi connectivity index (χ3n) is 20.3. The summed E-state index contributed by atoms with van der Waals surface area (Å²) in [5.41, 5.74) is 0.406. The molecule has 478 valence electrons. The van der Waals surface area contributed by atoms with Gasteiger partial charge >= 0.3 is 10.4 Å². The van der Waals surface area contributed by atoms with Crippen molar-refractivity contribution < 1.29 is 131 Å². The number of carbonyl (C=O) groups is 1. The van der Waals surface area contributed by atoms with E-state index in [1.807, 2.05) is 0 Å². The van der Waals surface area contributed by atoms with E-state index in [-0.39, 0.29) is 54.1 Å². The second-order valence-electron chi connectivity index (χ2n) is 25.6. The van der Waals surface area contributed by atoms with Crippen LogP contribution in [-0.2, 0) is 66.7 Å². The topological polar surface area (TPSA) is 416 Å². The second-order valence-corrected chi connectivity index (χ2v) is 26.7. The van der Waals surface area contributed by atoms with Gasteiger partial charge < -0.3 is 113 Å². The summed E-state index contributed by atoms with van der Waals surface area (Å²) in [6.45, 7) is 13.1. The van der Waals surface area contributed by atoms with Crippen LogP contribution in [0.15, 0.2) is 11.6 Å². The molecule has 0 bridgehead atoms. The number of hydrogen-bond acceptors (Lipinski definition) is 26. The van der Waals surface area contributed by atoms with Crippen LogP contribution in [0.3, 0.4) is 0 Å².